The second-order valence-electron chi connectivity index (χ2n) is 6.50. The molecule has 0 unspecified atom stereocenters. The Kier molecular flexibility index (Phi) is 7.39. The van der Waals surface area contributed by atoms with E-state index in [1.807, 2.05) is 24.3 Å². The molecule has 0 bridgehead atoms. The number of ether oxygens (including phenoxy) is 2. The summed E-state index contributed by atoms with van der Waals surface area (Å²) in [5.74, 6) is 0.604. The highest BCUT2D eigenvalue weighted by atomic mass is 32.2. The van der Waals surface area contributed by atoms with Gasteiger partial charge in [-0.25, -0.2) is 4.79 Å². The molecule has 1 heterocycles. The maximum atomic E-state index is 12.5. The lowest BCUT2D eigenvalue weighted by Crippen LogP contribution is -2.16. The molecule has 0 radical (unpaired) electrons. The van der Waals surface area contributed by atoms with Crippen molar-refractivity contribution in [1.82, 2.24) is 0 Å². The molecule has 1 aliphatic rings. The molecule has 28 heavy (non-hydrogen) atoms. The van der Waals surface area contributed by atoms with Crippen LogP contribution in [0.3, 0.4) is 0 Å². The van der Waals surface area contributed by atoms with Gasteiger partial charge in [-0.05, 0) is 62.4 Å². The van der Waals surface area contributed by atoms with Crippen molar-refractivity contribution in [3.8, 4) is 5.75 Å². The highest BCUT2D eigenvalue weighted by molar-refractivity contribution is 8.00. The van der Waals surface area contributed by atoms with Crippen LogP contribution in [0.4, 0.5) is 5.00 Å². The molecule has 2 aromatic rings. The Morgan fingerprint density at radius 2 is 1.89 bits per heavy atom. The molecule has 3 rings (SSSR count). The number of amides is 1. The van der Waals surface area contributed by atoms with Crippen molar-refractivity contribution in [2.45, 2.75) is 43.9 Å². The number of methoxy groups -OCH3 is 1. The van der Waals surface area contributed by atoms with Gasteiger partial charge in [0.2, 0.25) is 5.91 Å². The number of hydrogen-bond donors (Lipinski definition) is 1. The fourth-order valence-corrected chi connectivity index (χ4v) is 5.23. The summed E-state index contributed by atoms with van der Waals surface area (Å²) in [6.07, 6.45) is 5.19. The zero-order valence-corrected chi connectivity index (χ0v) is 17.8. The number of thioether (sulfide) groups is 1. The molecule has 150 valence electrons. The molecule has 0 spiro atoms. The lowest BCUT2D eigenvalue weighted by Gasteiger charge is -2.08. The van der Waals surface area contributed by atoms with E-state index in [0.29, 0.717) is 17.2 Å². The van der Waals surface area contributed by atoms with Crippen LogP contribution in [-0.2, 0) is 22.4 Å². The molecule has 1 N–H and O–H groups in total. The van der Waals surface area contributed by atoms with Crippen molar-refractivity contribution in [3.63, 3.8) is 0 Å². The number of hydrogen-bond acceptors (Lipinski definition) is 6. The van der Waals surface area contributed by atoms with Crippen LogP contribution in [0.1, 0.15) is 47.0 Å². The molecule has 0 atom stereocenters. The van der Waals surface area contributed by atoms with Crippen molar-refractivity contribution in [2.24, 2.45) is 0 Å². The summed E-state index contributed by atoms with van der Waals surface area (Å²) >= 11 is 2.98. The topological polar surface area (TPSA) is 64.6 Å². The molecule has 1 aromatic carbocycles. The highest BCUT2D eigenvalue weighted by Gasteiger charge is 2.26. The van der Waals surface area contributed by atoms with Gasteiger partial charge in [-0.3, -0.25) is 4.79 Å². The minimum Gasteiger partial charge on any atom is -0.497 e. The number of aryl methyl sites for hydroxylation is 1. The lowest BCUT2D eigenvalue weighted by molar-refractivity contribution is -0.113. The number of anilines is 1. The van der Waals surface area contributed by atoms with Gasteiger partial charge in [0.25, 0.3) is 0 Å². The van der Waals surface area contributed by atoms with Crippen LogP contribution < -0.4 is 10.1 Å². The van der Waals surface area contributed by atoms with E-state index in [9.17, 15) is 9.59 Å². The fraction of sp³-hybridized carbons (Fsp3) is 0.429. The first-order valence-electron chi connectivity index (χ1n) is 9.50. The van der Waals surface area contributed by atoms with E-state index < -0.39 is 0 Å². The van der Waals surface area contributed by atoms with E-state index in [1.165, 1.54) is 34.4 Å². The van der Waals surface area contributed by atoms with Crippen LogP contribution in [0.25, 0.3) is 0 Å². The second-order valence-corrected chi connectivity index (χ2v) is 8.66. The summed E-state index contributed by atoms with van der Waals surface area (Å²) < 4.78 is 10.4. The summed E-state index contributed by atoms with van der Waals surface area (Å²) in [5, 5.41) is 3.58. The van der Waals surface area contributed by atoms with Crippen molar-refractivity contribution in [3.05, 3.63) is 40.3 Å². The van der Waals surface area contributed by atoms with Gasteiger partial charge in [-0.15, -0.1) is 23.1 Å². The van der Waals surface area contributed by atoms with Crippen LogP contribution in [-0.4, -0.2) is 31.3 Å². The second kappa shape index (κ2) is 9.98. The molecule has 0 saturated heterocycles. The smallest absolute Gasteiger partial charge is 0.341 e. The average Bonchev–Trinajstić information content (AvgIpc) is 2.87. The average molecular weight is 420 g/mol. The predicted molar refractivity (Wildman–Crippen MR) is 114 cm³/mol. The summed E-state index contributed by atoms with van der Waals surface area (Å²) in [4.78, 5) is 27.3. The van der Waals surface area contributed by atoms with Crippen LogP contribution >= 0.6 is 23.1 Å². The first-order valence-corrected chi connectivity index (χ1v) is 11.3. The Morgan fingerprint density at radius 1 is 1.14 bits per heavy atom. The Labute approximate surface area is 173 Å². The normalized spacial score (nSPS) is 13.4. The number of carbonyl (C=O) groups is 2. The third-order valence-corrected chi connectivity index (χ3v) is 6.80. The first-order chi connectivity index (χ1) is 13.6. The molecule has 1 aromatic heterocycles. The van der Waals surface area contributed by atoms with E-state index in [0.717, 1.165) is 41.9 Å². The van der Waals surface area contributed by atoms with Crippen molar-refractivity contribution in [1.29, 1.82) is 0 Å². The number of thiophene rings is 1. The maximum absolute atomic E-state index is 12.5. The number of benzene rings is 1. The SMILES string of the molecule is CCOC(=O)c1c(NC(=O)CSc2ccc(OC)cc2)sc2c1CCCCC2. The summed E-state index contributed by atoms with van der Waals surface area (Å²) in [7, 11) is 1.62. The third kappa shape index (κ3) is 5.08. The molecule has 5 nitrogen and oxygen atoms in total. The van der Waals surface area contributed by atoms with Crippen molar-refractivity contribution < 1.29 is 19.1 Å². The Morgan fingerprint density at radius 3 is 2.61 bits per heavy atom. The van der Waals surface area contributed by atoms with Crippen LogP contribution in [0, 0.1) is 0 Å². The standard InChI is InChI=1S/C21H25NO4S2/c1-3-26-21(24)19-16-7-5-4-6-8-17(16)28-20(19)22-18(23)13-27-15-11-9-14(25-2)10-12-15/h9-12H,3-8,13H2,1-2H3,(H,22,23). The first kappa shape index (κ1) is 20.7. The van der Waals surface area contributed by atoms with E-state index in [4.69, 9.17) is 9.47 Å². The number of fused-ring (bicyclic) bond motifs is 1. The zero-order chi connectivity index (χ0) is 19.9. The largest absolute Gasteiger partial charge is 0.497 e. The summed E-state index contributed by atoms with van der Waals surface area (Å²) in [5.41, 5.74) is 1.63. The van der Waals surface area contributed by atoms with Gasteiger partial charge in [0, 0.05) is 9.77 Å². The van der Waals surface area contributed by atoms with Crippen LogP contribution in [0.15, 0.2) is 29.2 Å². The third-order valence-electron chi connectivity index (χ3n) is 4.58. The minimum absolute atomic E-state index is 0.122. The van der Waals surface area contributed by atoms with E-state index in [1.54, 1.807) is 14.0 Å². The Balaban J connectivity index is 1.71. The quantitative estimate of drug-likeness (QED) is 0.391. The molecule has 1 aliphatic carbocycles. The number of carbonyl (C=O) groups excluding carboxylic acids is 2. The number of rotatable bonds is 7. The monoisotopic (exact) mass is 419 g/mol. The zero-order valence-electron chi connectivity index (χ0n) is 16.2. The maximum Gasteiger partial charge on any atom is 0.341 e. The fourth-order valence-electron chi connectivity index (χ4n) is 3.23. The van der Waals surface area contributed by atoms with Gasteiger partial charge in [0.1, 0.15) is 10.8 Å². The van der Waals surface area contributed by atoms with Gasteiger partial charge in [-0.2, -0.15) is 0 Å². The molecule has 0 aliphatic heterocycles. The van der Waals surface area contributed by atoms with Gasteiger partial charge in [-0.1, -0.05) is 6.42 Å². The predicted octanol–water partition coefficient (Wildman–Crippen LogP) is 4.93. The van der Waals surface area contributed by atoms with Crippen molar-refractivity contribution in [2.75, 3.05) is 24.8 Å². The van der Waals surface area contributed by atoms with Gasteiger partial charge in [0.05, 0.1) is 25.0 Å². The number of nitrogens with one attached hydrogen (secondary N) is 1. The molecule has 1 amide bonds. The molecule has 0 saturated carbocycles. The Hall–Kier alpha value is -1.99. The molecule has 7 heteroatoms. The lowest BCUT2D eigenvalue weighted by atomic mass is 10.1. The van der Waals surface area contributed by atoms with E-state index in [2.05, 4.69) is 5.32 Å². The minimum atomic E-state index is -0.333. The van der Waals surface area contributed by atoms with E-state index >= 15 is 0 Å². The molecular weight excluding hydrogens is 394 g/mol. The highest BCUT2D eigenvalue weighted by Crippen LogP contribution is 2.38. The summed E-state index contributed by atoms with van der Waals surface area (Å²) in [6, 6.07) is 7.59. The summed E-state index contributed by atoms with van der Waals surface area (Å²) in [6.45, 7) is 2.12. The van der Waals surface area contributed by atoms with Gasteiger partial charge in [0.15, 0.2) is 0 Å². The molecule has 0 fully saturated rings. The van der Waals surface area contributed by atoms with E-state index in [-0.39, 0.29) is 17.6 Å². The molecular formula is C21H25NO4S2. The van der Waals surface area contributed by atoms with Crippen LogP contribution in [0.2, 0.25) is 0 Å². The van der Waals surface area contributed by atoms with Crippen molar-refractivity contribution >= 4 is 40.0 Å². The number of esters is 1. The Bertz CT molecular complexity index is 830. The van der Waals surface area contributed by atoms with Gasteiger partial charge < -0.3 is 14.8 Å². The van der Waals surface area contributed by atoms with Gasteiger partial charge >= 0.3 is 5.97 Å². The van der Waals surface area contributed by atoms with Crippen LogP contribution in [0.5, 0.6) is 5.75 Å².